The summed E-state index contributed by atoms with van der Waals surface area (Å²) in [5.41, 5.74) is -7.07. The Labute approximate surface area is 243 Å². The first-order valence-corrected chi connectivity index (χ1v) is 14.0. The third-order valence-corrected chi connectivity index (χ3v) is 10.0. The fraction of sp³-hybridized carbons (Fsp3) is 0.581. The van der Waals surface area contributed by atoms with Gasteiger partial charge in [-0.1, -0.05) is 39.0 Å². The van der Waals surface area contributed by atoms with E-state index in [1.165, 1.54) is 26.0 Å². The van der Waals surface area contributed by atoms with Gasteiger partial charge in [0.15, 0.2) is 11.4 Å². The molecule has 4 aliphatic rings. The number of hydrogen-bond acceptors (Lipinski definition) is 11. The number of Topliss-reactive ketones (excluding diaryl/α,β-unsaturated/α-hetero) is 2. The van der Waals surface area contributed by atoms with Crippen LogP contribution in [0.4, 0.5) is 0 Å². The molecule has 2 bridgehead atoms. The van der Waals surface area contributed by atoms with E-state index in [0.29, 0.717) is 0 Å². The van der Waals surface area contributed by atoms with Gasteiger partial charge in [-0.05, 0) is 24.6 Å². The van der Waals surface area contributed by atoms with Gasteiger partial charge in [-0.2, -0.15) is 0 Å². The Balaban J connectivity index is 1.87. The van der Waals surface area contributed by atoms with Crippen molar-refractivity contribution in [3.63, 3.8) is 0 Å². The summed E-state index contributed by atoms with van der Waals surface area (Å²) >= 11 is 0. The van der Waals surface area contributed by atoms with Crippen molar-refractivity contribution in [1.29, 1.82) is 0 Å². The monoisotopic (exact) mass is 584 g/mol. The average Bonchev–Trinajstić information content (AvgIpc) is 2.90. The Morgan fingerprint density at radius 2 is 1.67 bits per heavy atom. The molecule has 0 spiro atoms. The molecule has 1 aliphatic heterocycles. The maximum absolute atomic E-state index is 14.7. The summed E-state index contributed by atoms with van der Waals surface area (Å²) in [4.78, 5) is 66.9. The molecule has 0 radical (unpaired) electrons. The zero-order valence-corrected chi connectivity index (χ0v) is 24.5. The smallest absolute Gasteiger partial charge is 0.338 e. The summed E-state index contributed by atoms with van der Waals surface area (Å²) < 4.78 is 23.3. The SMILES string of the molecule is CC(=O)OC1=C2C(C)C(=O)C[C@@](O)([C@@H](OC(=O)c3ccccc3)C3[C@](C)(C1=O)[C@@H](O)C[C@H]1OC[C@@]31OC(C)=O)C2(C)C. The number of aliphatic hydroxyl groups excluding tert-OH is 1. The number of ether oxygens (including phenoxy) is 4. The first-order chi connectivity index (χ1) is 19.5. The number of hydrogen-bond donors (Lipinski definition) is 2. The summed E-state index contributed by atoms with van der Waals surface area (Å²) in [6.45, 7) is 8.19. The summed E-state index contributed by atoms with van der Waals surface area (Å²) in [5, 5.41) is 24.4. The van der Waals surface area contributed by atoms with Gasteiger partial charge in [-0.25, -0.2) is 4.79 Å². The molecule has 0 aromatic heterocycles. The molecule has 5 rings (SSSR count). The van der Waals surface area contributed by atoms with Crippen LogP contribution in [0.15, 0.2) is 41.7 Å². The van der Waals surface area contributed by atoms with Crippen molar-refractivity contribution in [3.8, 4) is 0 Å². The highest BCUT2D eigenvalue weighted by molar-refractivity contribution is 6.03. The van der Waals surface area contributed by atoms with Gasteiger partial charge in [-0.3, -0.25) is 19.2 Å². The number of benzene rings is 1. The number of carbonyl (C=O) groups is 5. The van der Waals surface area contributed by atoms with Crippen LogP contribution in [0.5, 0.6) is 0 Å². The van der Waals surface area contributed by atoms with Crippen LogP contribution in [0.3, 0.4) is 0 Å². The van der Waals surface area contributed by atoms with E-state index in [9.17, 15) is 34.2 Å². The average molecular weight is 585 g/mol. The van der Waals surface area contributed by atoms with Gasteiger partial charge in [0.05, 0.1) is 29.6 Å². The van der Waals surface area contributed by atoms with Crippen LogP contribution in [0.1, 0.15) is 64.7 Å². The van der Waals surface area contributed by atoms with E-state index in [1.807, 2.05) is 0 Å². The Morgan fingerprint density at radius 3 is 2.21 bits per heavy atom. The highest BCUT2D eigenvalue weighted by atomic mass is 16.6. The van der Waals surface area contributed by atoms with Gasteiger partial charge in [0, 0.05) is 38.0 Å². The quantitative estimate of drug-likeness (QED) is 0.393. The van der Waals surface area contributed by atoms with E-state index in [-0.39, 0.29) is 24.2 Å². The third-order valence-electron chi connectivity index (χ3n) is 10.0. The van der Waals surface area contributed by atoms with Gasteiger partial charge < -0.3 is 29.2 Å². The molecule has 1 heterocycles. The van der Waals surface area contributed by atoms with Crippen molar-refractivity contribution < 1.29 is 53.1 Å². The number of rotatable bonds is 4. The molecule has 1 aromatic carbocycles. The number of fused-ring (bicyclic) bond motifs is 5. The second-order valence-corrected chi connectivity index (χ2v) is 12.6. The number of carbonyl (C=O) groups excluding carboxylic acids is 5. The van der Waals surface area contributed by atoms with Crippen LogP contribution in [0.2, 0.25) is 0 Å². The Morgan fingerprint density at radius 1 is 1.02 bits per heavy atom. The normalized spacial score (nSPS) is 38.6. The fourth-order valence-electron chi connectivity index (χ4n) is 7.70. The van der Waals surface area contributed by atoms with Crippen molar-refractivity contribution in [1.82, 2.24) is 0 Å². The van der Waals surface area contributed by atoms with Crippen molar-refractivity contribution in [3.05, 3.63) is 47.2 Å². The standard InChI is InChI=1S/C31H36O11/c1-15-19(34)13-31(38)26(41-27(37)18-10-8-7-9-11-18)24-29(6,20(35)12-21-30(24,14-39-21)42-17(3)33)25(36)23(40-16(2)32)22(15)28(31,4)5/h7-11,15,20-21,24,26,35,38H,12-14H2,1-6H3/t15?,20-,21+,24?,26-,29+,30-,31+/m0/s1. The van der Waals surface area contributed by atoms with Gasteiger partial charge in [-0.15, -0.1) is 0 Å². The number of esters is 3. The van der Waals surface area contributed by atoms with Crippen LogP contribution in [0, 0.1) is 22.7 Å². The first-order valence-electron chi connectivity index (χ1n) is 14.0. The summed E-state index contributed by atoms with van der Waals surface area (Å²) in [5.74, 6) is -6.56. The molecular weight excluding hydrogens is 548 g/mol. The minimum absolute atomic E-state index is 0.0580. The van der Waals surface area contributed by atoms with Crippen LogP contribution in [0.25, 0.3) is 0 Å². The topological polar surface area (TPSA) is 163 Å². The second-order valence-electron chi connectivity index (χ2n) is 12.6. The predicted molar refractivity (Wildman–Crippen MR) is 143 cm³/mol. The zero-order valence-electron chi connectivity index (χ0n) is 24.5. The zero-order chi connectivity index (χ0) is 31.0. The molecule has 42 heavy (non-hydrogen) atoms. The Bertz CT molecular complexity index is 1400. The minimum atomic E-state index is -2.21. The lowest BCUT2D eigenvalue weighted by molar-refractivity contribution is -0.343. The first kappa shape index (κ1) is 30.1. The highest BCUT2D eigenvalue weighted by Crippen LogP contribution is 2.64. The van der Waals surface area contributed by atoms with Crippen molar-refractivity contribution in [2.45, 2.75) is 83.9 Å². The van der Waals surface area contributed by atoms with Crippen LogP contribution >= 0.6 is 0 Å². The maximum Gasteiger partial charge on any atom is 0.338 e. The Kier molecular flexibility index (Phi) is 7.03. The van der Waals surface area contributed by atoms with E-state index in [1.54, 1.807) is 39.0 Å². The van der Waals surface area contributed by atoms with Crippen molar-refractivity contribution in [2.24, 2.45) is 22.7 Å². The van der Waals surface area contributed by atoms with Crippen molar-refractivity contribution >= 4 is 29.5 Å². The summed E-state index contributed by atoms with van der Waals surface area (Å²) in [7, 11) is 0. The molecule has 1 aromatic rings. The molecule has 11 nitrogen and oxygen atoms in total. The molecular formula is C31H36O11. The Hall–Kier alpha value is -3.41. The van der Waals surface area contributed by atoms with Crippen LogP contribution in [-0.4, -0.2) is 75.8 Å². The van der Waals surface area contributed by atoms with Crippen LogP contribution in [-0.2, 0) is 38.1 Å². The molecule has 2 N–H and O–H groups in total. The molecule has 11 heteroatoms. The van der Waals surface area contributed by atoms with Gasteiger partial charge in [0.25, 0.3) is 0 Å². The molecule has 3 aliphatic carbocycles. The highest BCUT2D eigenvalue weighted by Gasteiger charge is 2.77. The van der Waals surface area contributed by atoms with E-state index >= 15 is 0 Å². The molecule has 8 atom stereocenters. The van der Waals surface area contributed by atoms with E-state index in [4.69, 9.17) is 18.9 Å². The minimum Gasteiger partial charge on any atom is -0.455 e. The lowest BCUT2D eigenvalue weighted by atomic mass is 9.45. The molecule has 1 saturated heterocycles. The van der Waals surface area contributed by atoms with Crippen LogP contribution < -0.4 is 0 Å². The van der Waals surface area contributed by atoms with Gasteiger partial charge >= 0.3 is 17.9 Å². The molecule has 3 fully saturated rings. The summed E-state index contributed by atoms with van der Waals surface area (Å²) in [6.07, 6.45) is -4.68. The fourth-order valence-corrected chi connectivity index (χ4v) is 7.70. The van der Waals surface area contributed by atoms with E-state index < -0.39 is 93.8 Å². The molecule has 226 valence electrons. The lowest BCUT2D eigenvalue weighted by Gasteiger charge is -2.66. The lowest BCUT2D eigenvalue weighted by Crippen LogP contribution is -2.81. The van der Waals surface area contributed by atoms with Gasteiger partial charge in [0.2, 0.25) is 5.78 Å². The van der Waals surface area contributed by atoms with E-state index in [2.05, 4.69) is 0 Å². The van der Waals surface area contributed by atoms with E-state index in [0.717, 1.165) is 6.92 Å². The van der Waals surface area contributed by atoms with Crippen molar-refractivity contribution in [2.75, 3.05) is 6.61 Å². The number of aliphatic hydroxyl groups is 2. The summed E-state index contributed by atoms with van der Waals surface area (Å²) in [6, 6.07) is 7.97. The predicted octanol–water partition coefficient (Wildman–Crippen LogP) is 2.07. The van der Waals surface area contributed by atoms with Gasteiger partial charge in [0.1, 0.15) is 23.6 Å². The molecule has 2 unspecified atom stereocenters. The largest absolute Gasteiger partial charge is 0.455 e. The molecule has 0 amide bonds. The number of allylic oxidation sites excluding steroid dienone is 1. The number of ketones is 2. The molecule has 2 saturated carbocycles. The second kappa shape index (κ2) is 9.82. The maximum atomic E-state index is 14.7. The third kappa shape index (κ3) is 4.00.